The van der Waals surface area contributed by atoms with Gasteiger partial charge in [-0.25, -0.2) is 0 Å². The largest absolute Gasteiger partial charge is 0.468 e. The van der Waals surface area contributed by atoms with Crippen LogP contribution in [0.3, 0.4) is 0 Å². The second kappa shape index (κ2) is 5.41. The second-order valence-electron chi connectivity index (χ2n) is 6.34. The Morgan fingerprint density at radius 1 is 1.26 bits per heavy atom. The maximum atomic E-state index is 12.5. The van der Waals surface area contributed by atoms with Gasteiger partial charge in [0.25, 0.3) is 0 Å². The van der Waals surface area contributed by atoms with Crippen LogP contribution in [-0.2, 0) is 24.5 Å². The van der Waals surface area contributed by atoms with Gasteiger partial charge in [-0.2, -0.15) is 0 Å². The van der Waals surface area contributed by atoms with E-state index in [-0.39, 0.29) is 11.3 Å². The van der Waals surface area contributed by atoms with Crippen LogP contribution in [0.5, 0.6) is 0 Å². The monoisotopic (exact) mass is 315 g/mol. The lowest BCUT2D eigenvalue weighted by Crippen LogP contribution is -2.41. The summed E-state index contributed by atoms with van der Waals surface area (Å²) in [5.41, 5.74) is 0.548. The first kappa shape index (κ1) is 15.6. The van der Waals surface area contributed by atoms with Crippen molar-refractivity contribution in [3.63, 3.8) is 0 Å². The van der Waals surface area contributed by atoms with Gasteiger partial charge in [0.1, 0.15) is 0 Å². The Balaban J connectivity index is 2.12. The van der Waals surface area contributed by atoms with Gasteiger partial charge < -0.3 is 14.8 Å². The molecule has 2 aliphatic rings. The average Bonchev–Trinajstić information content (AvgIpc) is 3.14. The average molecular weight is 315 g/mol. The van der Waals surface area contributed by atoms with Gasteiger partial charge in [-0.15, -0.1) is 6.58 Å². The highest BCUT2D eigenvalue weighted by molar-refractivity contribution is 6.01. The Hall–Kier alpha value is -2.30. The van der Waals surface area contributed by atoms with Crippen molar-refractivity contribution in [1.82, 2.24) is 0 Å². The number of rotatable bonds is 3. The van der Waals surface area contributed by atoms with Crippen LogP contribution < -0.4 is 5.32 Å². The lowest BCUT2D eigenvalue weighted by atomic mass is 9.72. The Morgan fingerprint density at radius 3 is 2.52 bits per heavy atom. The first-order valence-corrected chi connectivity index (χ1v) is 7.67. The molecule has 1 spiro atoms. The minimum absolute atomic E-state index is 0.0168. The number of ether oxygens (including phenoxy) is 2. The molecule has 0 saturated heterocycles. The van der Waals surface area contributed by atoms with Crippen LogP contribution in [0.1, 0.15) is 18.4 Å². The number of esters is 2. The summed E-state index contributed by atoms with van der Waals surface area (Å²) in [5, 5.41) is 3.40. The van der Waals surface area contributed by atoms with Crippen molar-refractivity contribution in [2.45, 2.75) is 18.3 Å². The molecule has 5 heteroatoms. The normalized spacial score (nSPS) is 27.1. The summed E-state index contributed by atoms with van der Waals surface area (Å²) in [5.74, 6) is -1.08. The van der Waals surface area contributed by atoms with E-state index in [4.69, 9.17) is 9.47 Å². The maximum absolute atomic E-state index is 12.5. The van der Waals surface area contributed by atoms with E-state index in [0.29, 0.717) is 19.4 Å². The molecule has 1 N–H and O–H groups in total. The summed E-state index contributed by atoms with van der Waals surface area (Å²) in [6.45, 7) is 4.60. The molecular formula is C18H21NO4. The van der Waals surface area contributed by atoms with Crippen LogP contribution in [0.2, 0.25) is 0 Å². The highest BCUT2D eigenvalue weighted by Crippen LogP contribution is 2.59. The summed E-state index contributed by atoms with van der Waals surface area (Å²) >= 11 is 0. The number of allylic oxidation sites excluding steroid dienone is 1. The van der Waals surface area contributed by atoms with Gasteiger partial charge in [0, 0.05) is 17.6 Å². The standard InChI is InChI=1S/C18H21NO4/c1-4-12-9-17(15(20)22-2,16(21)23-3)10-18(12)11-19-14-8-6-5-7-13(14)18/h4-8,12,19H,1,9-11H2,2-3H3/t12-,18-/m0/s1. The summed E-state index contributed by atoms with van der Waals surface area (Å²) in [6, 6.07) is 8.01. The first-order valence-electron chi connectivity index (χ1n) is 7.67. The zero-order chi connectivity index (χ0) is 16.7. The third-order valence-electron chi connectivity index (χ3n) is 5.39. The number of hydrogen-bond acceptors (Lipinski definition) is 5. The van der Waals surface area contributed by atoms with Crippen molar-refractivity contribution in [2.75, 3.05) is 26.1 Å². The van der Waals surface area contributed by atoms with Crippen molar-refractivity contribution >= 4 is 17.6 Å². The molecule has 0 amide bonds. The van der Waals surface area contributed by atoms with Crippen LogP contribution in [0.4, 0.5) is 5.69 Å². The van der Waals surface area contributed by atoms with Gasteiger partial charge in [0.05, 0.1) is 14.2 Å². The van der Waals surface area contributed by atoms with Crippen LogP contribution in [0.15, 0.2) is 36.9 Å². The van der Waals surface area contributed by atoms with E-state index in [2.05, 4.69) is 18.0 Å². The summed E-state index contributed by atoms with van der Waals surface area (Å²) < 4.78 is 9.90. The summed E-state index contributed by atoms with van der Waals surface area (Å²) in [7, 11) is 2.61. The minimum atomic E-state index is -1.28. The zero-order valence-electron chi connectivity index (χ0n) is 13.4. The van der Waals surface area contributed by atoms with Crippen molar-refractivity contribution in [3.05, 3.63) is 42.5 Å². The minimum Gasteiger partial charge on any atom is -0.468 e. The van der Waals surface area contributed by atoms with Crippen LogP contribution >= 0.6 is 0 Å². The highest BCUT2D eigenvalue weighted by Gasteiger charge is 2.64. The number of carbonyl (C=O) groups excluding carboxylic acids is 2. The molecule has 1 aliphatic carbocycles. The highest BCUT2D eigenvalue weighted by atomic mass is 16.5. The number of carbonyl (C=O) groups is 2. The van der Waals surface area contributed by atoms with Gasteiger partial charge in [-0.1, -0.05) is 24.3 Å². The predicted octanol–water partition coefficient (Wildman–Crippen LogP) is 2.28. The molecule has 122 valence electrons. The van der Waals surface area contributed by atoms with Crippen molar-refractivity contribution < 1.29 is 19.1 Å². The molecule has 1 aliphatic heterocycles. The fourth-order valence-corrected chi connectivity index (χ4v) is 4.31. The number of fused-ring (bicyclic) bond motifs is 2. The van der Waals surface area contributed by atoms with E-state index in [1.165, 1.54) is 14.2 Å². The summed E-state index contributed by atoms with van der Waals surface area (Å²) in [6.07, 6.45) is 2.56. The first-order chi connectivity index (χ1) is 11.0. The number of benzene rings is 1. The Kier molecular flexibility index (Phi) is 3.66. The molecule has 1 aromatic carbocycles. The van der Waals surface area contributed by atoms with E-state index < -0.39 is 17.4 Å². The topological polar surface area (TPSA) is 64.6 Å². The Bertz CT molecular complexity index is 653. The van der Waals surface area contributed by atoms with E-state index in [1.54, 1.807) is 0 Å². The molecular weight excluding hydrogens is 294 g/mol. The predicted molar refractivity (Wildman–Crippen MR) is 86.0 cm³/mol. The smallest absolute Gasteiger partial charge is 0.323 e. The van der Waals surface area contributed by atoms with E-state index in [9.17, 15) is 9.59 Å². The molecule has 3 rings (SSSR count). The number of methoxy groups -OCH3 is 2. The number of nitrogens with one attached hydrogen (secondary N) is 1. The molecule has 2 atom stereocenters. The quantitative estimate of drug-likeness (QED) is 0.527. The fraction of sp³-hybridized carbons (Fsp3) is 0.444. The zero-order valence-corrected chi connectivity index (χ0v) is 13.4. The van der Waals surface area contributed by atoms with E-state index in [0.717, 1.165) is 11.3 Å². The third-order valence-corrected chi connectivity index (χ3v) is 5.39. The molecule has 0 aromatic heterocycles. The van der Waals surface area contributed by atoms with Crippen molar-refractivity contribution in [1.29, 1.82) is 0 Å². The molecule has 1 aromatic rings. The summed E-state index contributed by atoms with van der Waals surface area (Å²) in [4.78, 5) is 24.9. The molecule has 0 radical (unpaired) electrons. The molecule has 0 unspecified atom stereocenters. The van der Waals surface area contributed by atoms with Crippen LogP contribution in [0, 0.1) is 11.3 Å². The van der Waals surface area contributed by atoms with Crippen LogP contribution in [0.25, 0.3) is 0 Å². The Labute approximate surface area is 135 Å². The lowest BCUT2D eigenvalue weighted by Gasteiger charge is -2.30. The molecule has 0 bridgehead atoms. The van der Waals surface area contributed by atoms with E-state index in [1.807, 2.05) is 24.3 Å². The number of anilines is 1. The van der Waals surface area contributed by atoms with Gasteiger partial charge in [-0.3, -0.25) is 9.59 Å². The van der Waals surface area contributed by atoms with Gasteiger partial charge >= 0.3 is 11.9 Å². The number of para-hydroxylation sites is 1. The van der Waals surface area contributed by atoms with Gasteiger partial charge in [-0.05, 0) is 30.4 Å². The SMILES string of the molecule is C=C[C@H]1CC(C(=O)OC)(C(=O)OC)C[C@]12CNc1ccccc12. The molecule has 1 saturated carbocycles. The third kappa shape index (κ3) is 1.99. The molecule has 1 heterocycles. The lowest BCUT2D eigenvalue weighted by molar-refractivity contribution is -0.169. The van der Waals surface area contributed by atoms with Crippen LogP contribution in [-0.4, -0.2) is 32.7 Å². The molecule has 5 nitrogen and oxygen atoms in total. The van der Waals surface area contributed by atoms with Crippen molar-refractivity contribution in [3.8, 4) is 0 Å². The molecule has 1 fully saturated rings. The number of hydrogen-bond donors (Lipinski definition) is 1. The Morgan fingerprint density at radius 2 is 1.91 bits per heavy atom. The van der Waals surface area contributed by atoms with E-state index >= 15 is 0 Å². The fourth-order valence-electron chi connectivity index (χ4n) is 4.31. The maximum Gasteiger partial charge on any atom is 0.323 e. The second-order valence-corrected chi connectivity index (χ2v) is 6.34. The van der Waals surface area contributed by atoms with Gasteiger partial charge in [0.15, 0.2) is 5.41 Å². The van der Waals surface area contributed by atoms with Gasteiger partial charge in [0.2, 0.25) is 0 Å². The van der Waals surface area contributed by atoms with Crippen molar-refractivity contribution in [2.24, 2.45) is 11.3 Å². The molecule has 23 heavy (non-hydrogen) atoms.